The smallest absolute Gasteiger partial charge is 0.163 e. The fourth-order valence-electron chi connectivity index (χ4n) is 2.27. The van der Waals surface area contributed by atoms with Gasteiger partial charge in [0.1, 0.15) is 0 Å². The lowest BCUT2D eigenvalue weighted by Gasteiger charge is -2.14. The van der Waals surface area contributed by atoms with Crippen molar-refractivity contribution in [3.8, 4) is 0 Å². The van der Waals surface area contributed by atoms with Gasteiger partial charge in [-0.05, 0) is 24.5 Å². The number of ketones is 1. The topological polar surface area (TPSA) is 43.1 Å². The molecule has 0 aromatic heterocycles. The molecule has 0 spiro atoms. The van der Waals surface area contributed by atoms with E-state index in [0.717, 1.165) is 24.0 Å². The summed E-state index contributed by atoms with van der Waals surface area (Å²) in [5.74, 6) is 0.751. The number of hydrogen-bond donors (Lipinski definition) is 1. The number of unbranched alkanes of at least 4 members (excludes halogenated alkanes) is 1. The second-order valence-electron chi connectivity index (χ2n) is 5.06. The summed E-state index contributed by atoms with van der Waals surface area (Å²) >= 11 is 0. The van der Waals surface area contributed by atoms with Gasteiger partial charge in [-0.25, -0.2) is 0 Å². The Morgan fingerprint density at radius 1 is 1.33 bits per heavy atom. The van der Waals surface area contributed by atoms with Crippen LogP contribution in [0.5, 0.6) is 0 Å². The molecule has 18 heavy (non-hydrogen) atoms. The van der Waals surface area contributed by atoms with Crippen molar-refractivity contribution in [1.29, 1.82) is 0 Å². The molecular weight excluding hydrogens is 222 g/mol. The van der Waals surface area contributed by atoms with Crippen LogP contribution in [0.25, 0.3) is 0 Å². The van der Waals surface area contributed by atoms with E-state index in [1.807, 2.05) is 25.1 Å². The summed E-state index contributed by atoms with van der Waals surface area (Å²) in [7, 11) is 0. The van der Waals surface area contributed by atoms with E-state index in [9.17, 15) is 4.79 Å². The normalized spacial score (nSPS) is 12.4. The minimum absolute atomic E-state index is 0.239. The van der Waals surface area contributed by atoms with Gasteiger partial charge < -0.3 is 5.73 Å². The number of nitrogen functional groups attached to an aromatic ring is 1. The van der Waals surface area contributed by atoms with Crippen molar-refractivity contribution in [1.82, 2.24) is 0 Å². The SMILES string of the molecule is CCCCC(CC)CC(=O)c1cccc(N)c1C. The molecule has 1 aromatic carbocycles. The quantitative estimate of drug-likeness (QED) is 0.574. The fraction of sp³-hybridized carbons (Fsp3) is 0.562. The summed E-state index contributed by atoms with van der Waals surface area (Å²) < 4.78 is 0. The molecule has 0 amide bonds. The van der Waals surface area contributed by atoms with E-state index in [-0.39, 0.29) is 5.78 Å². The highest BCUT2D eigenvalue weighted by atomic mass is 16.1. The Hall–Kier alpha value is -1.31. The molecule has 0 aliphatic heterocycles. The molecule has 0 saturated carbocycles. The number of carbonyl (C=O) groups is 1. The van der Waals surface area contributed by atoms with Gasteiger partial charge in [0.15, 0.2) is 5.78 Å². The predicted molar refractivity (Wildman–Crippen MR) is 77.8 cm³/mol. The lowest BCUT2D eigenvalue weighted by Crippen LogP contribution is -2.10. The Morgan fingerprint density at radius 3 is 2.67 bits per heavy atom. The monoisotopic (exact) mass is 247 g/mol. The van der Waals surface area contributed by atoms with Gasteiger partial charge >= 0.3 is 0 Å². The molecule has 1 rings (SSSR count). The van der Waals surface area contributed by atoms with Crippen molar-refractivity contribution in [2.24, 2.45) is 5.92 Å². The van der Waals surface area contributed by atoms with Crippen LogP contribution in [0, 0.1) is 12.8 Å². The predicted octanol–water partition coefficient (Wildman–Crippen LogP) is 4.37. The van der Waals surface area contributed by atoms with Gasteiger partial charge in [0.05, 0.1) is 0 Å². The van der Waals surface area contributed by atoms with E-state index in [1.54, 1.807) is 0 Å². The summed E-state index contributed by atoms with van der Waals surface area (Å²) in [4.78, 5) is 12.3. The molecular formula is C16H25NO. The Balaban J connectivity index is 2.72. The maximum absolute atomic E-state index is 12.3. The fourth-order valence-corrected chi connectivity index (χ4v) is 2.27. The molecule has 1 unspecified atom stereocenters. The average molecular weight is 247 g/mol. The third-order valence-electron chi connectivity index (χ3n) is 3.69. The zero-order valence-corrected chi connectivity index (χ0v) is 11.8. The van der Waals surface area contributed by atoms with Gasteiger partial charge in [0.2, 0.25) is 0 Å². The Bertz CT molecular complexity index is 398. The highest BCUT2D eigenvalue weighted by Crippen LogP contribution is 2.22. The van der Waals surface area contributed by atoms with Gasteiger partial charge in [-0.1, -0.05) is 51.7 Å². The maximum Gasteiger partial charge on any atom is 0.163 e. The van der Waals surface area contributed by atoms with E-state index in [2.05, 4.69) is 13.8 Å². The molecule has 2 heteroatoms. The summed E-state index contributed by atoms with van der Waals surface area (Å²) in [6.45, 7) is 6.28. The molecule has 1 atom stereocenters. The molecule has 100 valence electrons. The molecule has 0 heterocycles. The number of nitrogens with two attached hydrogens (primary N) is 1. The van der Waals surface area contributed by atoms with Crippen LogP contribution in [0.15, 0.2) is 18.2 Å². The van der Waals surface area contributed by atoms with Gasteiger partial charge in [0, 0.05) is 17.7 Å². The van der Waals surface area contributed by atoms with Crippen LogP contribution in [0.3, 0.4) is 0 Å². The molecule has 2 N–H and O–H groups in total. The van der Waals surface area contributed by atoms with Gasteiger partial charge in [-0.15, -0.1) is 0 Å². The van der Waals surface area contributed by atoms with E-state index < -0.39 is 0 Å². The zero-order valence-electron chi connectivity index (χ0n) is 11.8. The summed E-state index contributed by atoms with van der Waals surface area (Å²) in [6.07, 6.45) is 5.29. The van der Waals surface area contributed by atoms with Crippen LogP contribution in [-0.2, 0) is 0 Å². The van der Waals surface area contributed by atoms with Crippen LogP contribution in [0.1, 0.15) is 61.9 Å². The molecule has 0 aliphatic carbocycles. The molecule has 2 nitrogen and oxygen atoms in total. The number of benzene rings is 1. The number of anilines is 1. The number of Topliss-reactive ketones (excluding diaryl/α,β-unsaturated/α-hetero) is 1. The second-order valence-corrected chi connectivity index (χ2v) is 5.06. The largest absolute Gasteiger partial charge is 0.398 e. The van der Waals surface area contributed by atoms with E-state index in [0.29, 0.717) is 18.0 Å². The first-order chi connectivity index (χ1) is 8.60. The zero-order chi connectivity index (χ0) is 13.5. The molecule has 0 aliphatic rings. The van der Waals surface area contributed by atoms with E-state index >= 15 is 0 Å². The van der Waals surface area contributed by atoms with Crippen LogP contribution in [-0.4, -0.2) is 5.78 Å². The van der Waals surface area contributed by atoms with Gasteiger partial charge in [0.25, 0.3) is 0 Å². The summed E-state index contributed by atoms with van der Waals surface area (Å²) in [5, 5.41) is 0. The van der Waals surface area contributed by atoms with E-state index in [1.165, 1.54) is 12.8 Å². The first kappa shape index (κ1) is 14.7. The van der Waals surface area contributed by atoms with Crippen LogP contribution in [0.2, 0.25) is 0 Å². The third kappa shape index (κ3) is 3.86. The Labute approximate surface area is 111 Å². The Kier molecular flexibility index (Phi) is 5.90. The van der Waals surface area contributed by atoms with Crippen molar-refractivity contribution in [3.05, 3.63) is 29.3 Å². The second kappa shape index (κ2) is 7.20. The van der Waals surface area contributed by atoms with Gasteiger partial charge in [-0.3, -0.25) is 4.79 Å². The Morgan fingerprint density at radius 2 is 2.06 bits per heavy atom. The minimum atomic E-state index is 0.239. The molecule has 0 radical (unpaired) electrons. The highest BCUT2D eigenvalue weighted by molar-refractivity contribution is 5.98. The maximum atomic E-state index is 12.3. The molecule has 0 fully saturated rings. The van der Waals surface area contributed by atoms with Gasteiger partial charge in [-0.2, -0.15) is 0 Å². The highest BCUT2D eigenvalue weighted by Gasteiger charge is 2.15. The van der Waals surface area contributed by atoms with Crippen LogP contribution >= 0.6 is 0 Å². The number of carbonyl (C=O) groups excluding carboxylic acids is 1. The van der Waals surface area contributed by atoms with Crippen LogP contribution < -0.4 is 5.73 Å². The minimum Gasteiger partial charge on any atom is -0.398 e. The van der Waals surface area contributed by atoms with E-state index in [4.69, 9.17) is 5.73 Å². The summed E-state index contributed by atoms with van der Waals surface area (Å²) in [6, 6.07) is 5.60. The summed E-state index contributed by atoms with van der Waals surface area (Å²) in [5.41, 5.74) is 8.28. The van der Waals surface area contributed by atoms with Crippen molar-refractivity contribution >= 4 is 11.5 Å². The number of hydrogen-bond acceptors (Lipinski definition) is 2. The standard InChI is InChI=1S/C16H25NO/c1-4-6-8-13(5-2)11-16(18)14-9-7-10-15(17)12(14)3/h7,9-10,13H,4-6,8,11,17H2,1-3H3. The third-order valence-corrected chi connectivity index (χ3v) is 3.69. The van der Waals surface area contributed by atoms with Crippen LogP contribution in [0.4, 0.5) is 5.69 Å². The molecule has 0 saturated heterocycles. The molecule has 1 aromatic rings. The lowest BCUT2D eigenvalue weighted by atomic mass is 9.90. The molecule has 0 bridgehead atoms. The first-order valence-corrected chi connectivity index (χ1v) is 6.98. The number of rotatable bonds is 7. The van der Waals surface area contributed by atoms with Crippen molar-refractivity contribution < 1.29 is 4.79 Å². The van der Waals surface area contributed by atoms with Crippen molar-refractivity contribution in [2.75, 3.05) is 5.73 Å². The first-order valence-electron chi connectivity index (χ1n) is 6.98. The average Bonchev–Trinajstić information content (AvgIpc) is 2.37. The lowest BCUT2D eigenvalue weighted by molar-refractivity contribution is 0.0956. The van der Waals surface area contributed by atoms with Crippen molar-refractivity contribution in [2.45, 2.75) is 52.9 Å². The van der Waals surface area contributed by atoms with Crippen molar-refractivity contribution in [3.63, 3.8) is 0 Å².